The van der Waals surface area contributed by atoms with E-state index in [-0.39, 0.29) is 11.9 Å². The van der Waals surface area contributed by atoms with Crippen molar-refractivity contribution in [3.05, 3.63) is 84.2 Å². The summed E-state index contributed by atoms with van der Waals surface area (Å²) in [5.74, 6) is 2.23. The normalized spacial score (nSPS) is 14.7. The van der Waals surface area contributed by atoms with E-state index in [0.29, 0.717) is 13.2 Å². The van der Waals surface area contributed by atoms with E-state index in [2.05, 4.69) is 9.55 Å². The molecule has 1 unspecified atom stereocenters. The van der Waals surface area contributed by atoms with Gasteiger partial charge in [0.25, 0.3) is 0 Å². The van der Waals surface area contributed by atoms with Gasteiger partial charge in [-0.1, -0.05) is 0 Å². The molecule has 34 heavy (non-hydrogen) atoms. The monoisotopic (exact) mass is 459 g/mol. The molecule has 2 aromatic heterocycles. The molecular weight excluding hydrogens is 433 g/mol. The first-order valence-electron chi connectivity index (χ1n) is 11.2. The van der Waals surface area contributed by atoms with Gasteiger partial charge in [-0.3, -0.25) is 4.98 Å². The van der Waals surface area contributed by atoms with Crippen LogP contribution in [0.25, 0.3) is 22.5 Å². The van der Waals surface area contributed by atoms with Crippen LogP contribution in [0.15, 0.2) is 67.0 Å². The number of methoxy groups -OCH3 is 2. The van der Waals surface area contributed by atoms with Crippen molar-refractivity contribution in [3.63, 3.8) is 0 Å². The Morgan fingerprint density at radius 1 is 0.941 bits per heavy atom. The second kappa shape index (κ2) is 9.65. The lowest BCUT2D eigenvalue weighted by Crippen LogP contribution is -2.13. The molecule has 4 aromatic rings. The van der Waals surface area contributed by atoms with E-state index in [4.69, 9.17) is 19.2 Å². The Morgan fingerprint density at radius 2 is 1.65 bits per heavy atom. The maximum Gasteiger partial charge on any atom is 0.123 e. The fraction of sp³-hybridized carbons (Fsp3) is 0.259. The third-order valence-corrected chi connectivity index (χ3v) is 6.11. The van der Waals surface area contributed by atoms with E-state index in [0.717, 1.165) is 58.2 Å². The zero-order valence-corrected chi connectivity index (χ0v) is 19.2. The maximum absolute atomic E-state index is 13.6. The maximum atomic E-state index is 13.6. The largest absolute Gasteiger partial charge is 0.497 e. The van der Waals surface area contributed by atoms with Gasteiger partial charge in [0.2, 0.25) is 0 Å². The molecule has 0 N–H and O–H groups in total. The lowest BCUT2D eigenvalue weighted by Gasteiger charge is -2.18. The number of pyridine rings is 1. The third kappa shape index (κ3) is 4.39. The number of aryl methyl sites for hydroxylation is 1. The summed E-state index contributed by atoms with van der Waals surface area (Å²) in [7, 11) is 3.27. The van der Waals surface area contributed by atoms with Crippen molar-refractivity contribution < 1.29 is 18.6 Å². The van der Waals surface area contributed by atoms with Gasteiger partial charge in [0, 0.05) is 36.0 Å². The van der Waals surface area contributed by atoms with Gasteiger partial charge in [-0.15, -0.1) is 0 Å². The number of hydrogen-bond donors (Lipinski definition) is 0. The molecule has 0 radical (unpaired) electrons. The van der Waals surface area contributed by atoms with Gasteiger partial charge in [-0.25, -0.2) is 9.37 Å². The van der Waals surface area contributed by atoms with Crippen LogP contribution in [0.5, 0.6) is 11.5 Å². The number of benzene rings is 2. The molecule has 1 atom stereocenters. The van der Waals surface area contributed by atoms with Crippen molar-refractivity contribution in [3.8, 4) is 34.0 Å². The number of aromatic nitrogens is 3. The highest BCUT2D eigenvalue weighted by Gasteiger charge is 2.30. The van der Waals surface area contributed by atoms with Gasteiger partial charge < -0.3 is 18.8 Å². The van der Waals surface area contributed by atoms with Crippen molar-refractivity contribution in [1.29, 1.82) is 0 Å². The van der Waals surface area contributed by atoms with E-state index in [1.165, 1.54) is 12.1 Å². The number of imidazole rings is 1. The number of rotatable bonds is 8. The van der Waals surface area contributed by atoms with E-state index in [9.17, 15) is 4.39 Å². The highest BCUT2D eigenvalue weighted by molar-refractivity contribution is 5.79. The molecule has 6 nitrogen and oxygen atoms in total. The van der Waals surface area contributed by atoms with E-state index in [1.54, 1.807) is 38.7 Å². The molecule has 0 bridgehead atoms. The Bertz CT molecular complexity index is 1250. The predicted molar refractivity (Wildman–Crippen MR) is 127 cm³/mol. The number of hydrogen-bond acceptors (Lipinski definition) is 5. The predicted octanol–water partition coefficient (Wildman–Crippen LogP) is 5.47. The zero-order valence-electron chi connectivity index (χ0n) is 19.2. The first-order valence-corrected chi connectivity index (χ1v) is 11.2. The topological polar surface area (TPSA) is 58.4 Å². The first kappa shape index (κ1) is 22.1. The fourth-order valence-electron chi connectivity index (χ4n) is 4.49. The van der Waals surface area contributed by atoms with Crippen LogP contribution in [0.4, 0.5) is 4.39 Å². The minimum atomic E-state index is -0.263. The highest BCUT2D eigenvalue weighted by Crippen LogP contribution is 2.39. The summed E-state index contributed by atoms with van der Waals surface area (Å²) in [4.78, 5) is 9.13. The van der Waals surface area contributed by atoms with Gasteiger partial charge in [-0.05, 0) is 60.5 Å². The van der Waals surface area contributed by atoms with E-state index >= 15 is 0 Å². The Balaban J connectivity index is 1.43. The molecule has 1 aliphatic rings. The fourth-order valence-corrected chi connectivity index (χ4v) is 4.49. The first-order chi connectivity index (χ1) is 16.7. The Hall–Kier alpha value is -3.71. The molecular formula is C27H26FN3O3. The molecule has 7 heteroatoms. The molecule has 0 fully saturated rings. The van der Waals surface area contributed by atoms with Crippen molar-refractivity contribution in [2.75, 3.05) is 20.8 Å². The minimum absolute atomic E-state index is 0.146. The quantitative estimate of drug-likeness (QED) is 0.350. The van der Waals surface area contributed by atoms with Crippen LogP contribution in [0.3, 0.4) is 0 Å². The smallest absolute Gasteiger partial charge is 0.123 e. The standard InChI is InChI=1S/C27H26FN3O3/c1-32-23-13-18(14-24(15-23)33-2)16-34-17-22-7-8-25-30-26(19-3-5-21(28)6-4-19)27(31(22)25)20-9-11-29-12-10-20/h3-6,9-15,22H,7-8,16-17H2,1-2H3. The summed E-state index contributed by atoms with van der Waals surface area (Å²) in [5, 5.41) is 0. The average Bonchev–Trinajstić information content (AvgIpc) is 3.44. The second-order valence-electron chi connectivity index (χ2n) is 8.27. The van der Waals surface area contributed by atoms with Gasteiger partial charge in [0.05, 0.1) is 44.9 Å². The average molecular weight is 460 g/mol. The summed E-state index contributed by atoms with van der Waals surface area (Å²) in [5.41, 5.74) is 4.76. The van der Waals surface area contributed by atoms with Crippen LogP contribution >= 0.6 is 0 Å². The molecule has 1 aliphatic heterocycles. The van der Waals surface area contributed by atoms with Crippen molar-refractivity contribution in [1.82, 2.24) is 14.5 Å². The van der Waals surface area contributed by atoms with Crippen LogP contribution in [-0.4, -0.2) is 35.4 Å². The molecule has 0 saturated heterocycles. The van der Waals surface area contributed by atoms with Crippen molar-refractivity contribution in [2.24, 2.45) is 0 Å². The number of halogens is 1. The second-order valence-corrected chi connectivity index (χ2v) is 8.27. The molecule has 0 aliphatic carbocycles. The molecule has 0 saturated carbocycles. The van der Waals surface area contributed by atoms with Crippen LogP contribution < -0.4 is 9.47 Å². The van der Waals surface area contributed by atoms with Crippen LogP contribution in [0, 0.1) is 5.82 Å². The molecule has 5 rings (SSSR count). The van der Waals surface area contributed by atoms with E-state index < -0.39 is 0 Å². The number of ether oxygens (including phenoxy) is 3. The summed E-state index contributed by atoms with van der Waals surface area (Å²) in [6, 6.07) is 16.4. The van der Waals surface area contributed by atoms with Gasteiger partial charge in [-0.2, -0.15) is 0 Å². The Labute approximate surface area is 198 Å². The number of fused-ring (bicyclic) bond motifs is 1. The van der Waals surface area contributed by atoms with Gasteiger partial charge >= 0.3 is 0 Å². The lowest BCUT2D eigenvalue weighted by atomic mass is 10.0. The number of nitrogens with zero attached hydrogens (tertiary/aromatic N) is 3. The zero-order chi connectivity index (χ0) is 23.5. The molecule has 174 valence electrons. The van der Waals surface area contributed by atoms with Gasteiger partial charge in [0.15, 0.2) is 0 Å². The van der Waals surface area contributed by atoms with Crippen molar-refractivity contribution in [2.45, 2.75) is 25.5 Å². The van der Waals surface area contributed by atoms with Gasteiger partial charge in [0.1, 0.15) is 23.1 Å². The molecule has 3 heterocycles. The van der Waals surface area contributed by atoms with Crippen LogP contribution in [0.1, 0.15) is 23.9 Å². The minimum Gasteiger partial charge on any atom is -0.497 e. The van der Waals surface area contributed by atoms with Crippen LogP contribution in [0.2, 0.25) is 0 Å². The Morgan fingerprint density at radius 3 is 2.32 bits per heavy atom. The highest BCUT2D eigenvalue weighted by atomic mass is 19.1. The lowest BCUT2D eigenvalue weighted by molar-refractivity contribution is 0.0922. The third-order valence-electron chi connectivity index (χ3n) is 6.11. The Kier molecular flexibility index (Phi) is 6.27. The SMILES string of the molecule is COc1cc(COCC2CCc3nc(-c4ccc(F)cc4)c(-c4ccncc4)n32)cc(OC)c1. The summed E-state index contributed by atoms with van der Waals surface area (Å²) in [6.07, 6.45) is 5.37. The summed E-state index contributed by atoms with van der Waals surface area (Å²) in [6.45, 7) is 0.993. The molecule has 0 spiro atoms. The van der Waals surface area contributed by atoms with E-state index in [1.807, 2.05) is 30.3 Å². The van der Waals surface area contributed by atoms with Crippen molar-refractivity contribution >= 4 is 0 Å². The summed E-state index contributed by atoms with van der Waals surface area (Å²) >= 11 is 0. The summed E-state index contributed by atoms with van der Waals surface area (Å²) < 4.78 is 32.7. The molecule has 2 aromatic carbocycles. The van der Waals surface area contributed by atoms with Crippen LogP contribution in [-0.2, 0) is 17.8 Å². The molecule has 0 amide bonds.